The first-order valence-corrected chi connectivity index (χ1v) is 17.4. The third kappa shape index (κ3) is 9.45. The Morgan fingerprint density at radius 3 is 2.00 bits per heavy atom. The molecule has 0 saturated heterocycles. The van der Waals surface area contributed by atoms with Gasteiger partial charge in [0.05, 0.1) is 17.7 Å². The minimum Gasteiger partial charge on any atom is -0.497 e. The predicted octanol–water partition coefficient (Wildman–Crippen LogP) is 6.43. The Labute approximate surface area is 279 Å². The number of sulfonamides is 1. The third-order valence-electron chi connectivity index (χ3n) is 7.90. The number of nitrogens with zero attached hydrogens (tertiary/aromatic N) is 2. The molecule has 0 saturated carbocycles. The van der Waals surface area contributed by atoms with Crippen LogP contribution in [0.5, 0.6) is 5.75 Å². The van der Waals surface area contributed by atoms with Crippen molar-refractivity contribution in [3.8, 4) is 5.75 Å². The first-order valence-electron chi connectivity index (χ1n) is 15.9. The molecule has 0 aromatic heterocycles. The minimum absolute atomic E-state index is 0.0636. The summed E-state index contributed by atoms with van der Waals surface area (Å²) < 4.78 is 34.9. The molecule has 9 heteroatoms. The van der Waals surface area contributed by atoms with E-state index >= 15 is 0 Å². The van der Waals surface area contributed by atoms with Gasteiger partial charge in [-0.15, -0.1) is 0 Å². The lowest BCUT2D eigenvalue weighted by molar-refractivity contribution is -0.140. The van der Waals surface area contributed by atoms with Crippen molar-refractivity contribution in [2.45, 2.75) is 57.5 Å². The van der Waals surface area contributed by atoms with Gasteiger partial charge in [0.1, 0.15) is 18.3 Å². The molecule has 2 amide bonds. The molecule has 8 nitrogen and oxygen atoms in total. The molecule has 1 N–H and O–H groups in total. The Morgan fingerprint density at radius 2 is 1.40 bits per heavy atom. The number of amides is 2. The van der Waals surface area contributed by atoms with E-state index in [1.165, 1.54) is 17.0 Å². The largest absolute Gasteiger partial charge is 0.497 e. The quantitative estimate of drug-likeness (QED) is 0.159. The fourth-order valence-corrected chi connectivity index (χ4v) is 6.65. The lowest BCUT2D eigenvalue weighted by Gasteiger charge is -2.34. The van der Waals surface area contributed by atoms with E-state index in [9.17, 15) is 18.0 Å². The van der Waals surface area contributed by atoms with Gasteiger partial charge in [0.25, 0.3) is 10.0 Å². The van der Waals surface area contributed by atoms with Crippen LogP contribution < -0.4 is 14.4 Å². The molecule has 0 aliphatic carbocycles. The first-order chi connectivity index (χ1) is 22.5. The maximum absolute atomic E-state index is 14.6. The average Bonchev–Trinajstić information content (AvgIpc) is 3.08. The molecule has 0 aliphatic rings. The van der Waals surface area contributed by atoms with Crippen molar-refractivity contribution in [2.75, 3.05) is 24.5 Å². The number of anilines is 1. The second-order valence-electron chi connectivity index (χ2n) is 12.3. The number of methoxy groups -OCH3 is 1. The molecule has 0 fully saturated rings. The highest BCUT2D eigenvalue weighted by atomic mass is 32.2. The van der Waals surface area contributed by atoms with Gasteiger partial charge in [0, 0.05) is 19.5 Å². The van der Waals surface area contributed by atoms with Crippen LogP contribution in [0.25, 0.3) is 0 Å². The number of carbonyl (C=O) groups excluding carboxylic acids is 2. The van der Waals surface area contributed by atoms with Crippen molar-refractivity contribution in [2.24, 2.45) is 5.92 Å². The van der Waals surface area contributed by atoms with E-state index in [2.05, 4.69) is 19.2 Å². The van der Waals surface area contributed by atoms with Gasteiger partial charge in [-0.2, -0.15) is 0 Å². The number of ether oxygens (including phenoxy) is 1. The molecule has 0 unspecified atom stereocenters. The summed E-state index contributed by atoms with van der Waals surface area (Å²) in [5, 5.41) is 3.01. The molecule has 0 heterocycles. The standard InChI is InChI=1S/C38H45N3O5S/c1-28(2)25-39-38(43)36(24-30-13-8-6-9-14-30)40(26-31-15-12-16-34(23-31)46-5)37(42)27-41(33-21-19-32(20-22-33)29(3)4)47(44,45)35-17-10-7-11-18-35/h6-23,28-29,36H,24-27H2,1-5H3,(H,39,43)/t36-/m1/s1. The minimum atomic E-state index is -4.16. The van der Waals surface area contributed by atoms with Crippen LogP contribution in [-0.4, -0.2) is 51.4 Å². The summed E-state index contributed by atoms with van der Waals surface area (Å²) in [7, 11) is -2.59. The van der Waals surface area contributed by atoms with Crippen LogP contribution in [-0.2, 0) is 32.6 Å². The van der Waals surface area contributed by atoms with E-state index < -0.39 is 28.5 Å². The van der Waals surface area contributed by atoms with Crippen LogP contribution in [0.4, 0.5) is 5.69 Å². The Hall–Kier alpha value is -4.63. The molecule has 47 heavy (non-hydrogen) atoms. The smallest absolute Gasteiger partial charge is 0.264 e. The molecular formula is C38H45N3O5S. The van der Waals surface area contributed by atoms with Crippen molar-refractivity contribution in [3.05, 3.63) is 126 Å². The Morgan fingerprint density at radius 1 is 0.787 bits per heavy atom. The molecule has 4 aromatic carbocycles. The highest BCUT2D eigenvalue weighted by molar-refractivity contribution is 7.92. The van der Waals surface area contributed by atoms with Crippen LogP contribution in [0.1, 0.15) is 50.3 Å². The van der Waals surface area contributed by atoms with E-state index in [1.54, 1.807) is 43.5 Å². The maximum atomic E-state index is 14.6. The fourth-order valence-electron chi connectivity index (χ4n) is 5.22. The number of carbonyl (C=O) groups is 2. The van der Waals surface area contributed by atoms with Gasteiger partial charge in [-0.25, -0.2) is 8.42 Å². The topological polar surface area (TPSA) is 96.0 Å². The van der Waals surface area contributed by atoms with E-state index in [0.717, 1.165) is 21.0 Å². The van der Waals surface area contributed by atoms with Gasteiger partial charge in [-0.05, 0) is 64.9 Å². The molecule has 0 bridgehead atoms. The van der Waals surface area contributed by atoms with Gasteiger partial charge in [-0.3, -0.25) is 13.9 Å². The van der Waals surface area contributed by atoms with Gasteiger partial charge in [0.2, 0.25) is 11.8 Å². The van der Waals surface area contributed by atoms with Gasteiger partial charge < -0.3 is 15.0 Å². The summed E-state index contributed by atoms with van der Waals surface area (Å²) in [6, 6.07) is 31.2. The average molecular weight is 656 g/mol. The summed E-state index contributed by atoms with van der Waals surface area (Å²) in [6.45, 7) is 8.11. The molecule has 248 valence electrons. The van der Waals surface area contributed by atoms with Crippen LogP contribution in [0.3, 0.4) is 0 Å². The lowest BCUT2D eigenvalue weighted by Crippen LogP contribution is -2.53. The summed E-state index contributed by atoms with van der Waals surface area (Å²) in [5.41, 5.74) is 3.02. The number of nitrogens with one attached hydrogen (secondary N) is 1. The molecular weight excluding hydrogens is 611 g/mol. The lowest BCUT2D eigenvalue weighted by atomic mass is 10.0. The number of benzene rings is 4. The molecule has 0 radical (unpaired) electrons. The molecule has 4 aromatic rings. The number of rotatable bonds is 15. The monoisotopic (exact) mass is 655 g/mol. The van der Waals surface area contributed by atoms with Crippen molar-refractivity contribution >= 4 is 27.5 Å². The number of hydrogen-bond acceptors (Lipinski definition) is 5. The zero-order valence-electron chi connectivity index (χ0n) is 27.8. The van der Waals surface area contributed by atoms with E-state index in [0.29, 0.717) is 18.0 Å². The Kier molecular flexibility index (Phi) is 12.2. The summed E-state index contributed by atoms with van der Waals surface area (Å²) in [6.07, 6.45) is 0.245. The van der Waals surface area contributed by atoms with E-state index in [4.69, 9.17) is 4.74 Å². The van der Waals surface area contributed by atoms with E-state index in [-0.39, 0.29) is 35.6 Å². The molecule has 0 aliphatic heterocycles. The first kappa shape index (κ1) is 35.2. The second kappa shape index (κ2) is 16.3. The zero-order valence-corrected chi connectivity index (χ0v) is 28.6. The van der Waals surface area contributed by atoms with Crippen molar-refractivity contribution in [3.63, 3.8) is 0 Å². The predicted molar refractivity (Wildman–Crippen MR) is 187 cm³/mol. The normalized spacial score (nSPS) is 12.1. The van der Waals surface area contributed by atoms with Gasteiger partial charge >= 0.3 is 0 Å². The number of hydrogen-bond donors (Lipinski definition) is 1. The van der Waals surface area contributed by atoms with E-state index in [1.807, 2.05) is 74.5 Å². The second-order valence-corrected chi connectivity index (χ2v) is 14.2. The van der Waals surface area contributed by atoms with Crippen LogP contribution >= 0.6 is 0 Å². The van der Waals surface area contributed by atoms with Crippen LogP contribution in [0.15, 0.2) is 114 Å². The Bertz CT molecular complexity index is 1710. The maximum Gasteiger partial charge on any atom is 0.264 e. The highest BCUT2D eigenvalue weighted by Crippen LogP contribution is 2.27. The molecule has 4 rings (SSSR count). The third-order valence-corrected chi connectivity index (χ3v) is 9.69. The Balaban J connectivity index is 1.81. The molecule has 0 spiro atoms. The van der Waals surface area contributed by atoms with Crippen LogP contribution in [0, 0.1) is 5.92 Å². The summed E-state index contributed by atoms with van der Waals surface area (Å²) in [4.78, 5) is 30.1. The van der Waals surface area contributed by atoms with Crippen molar-refractivity contribution < 1.29 is 22.7 Å². The van der Waals surface area contributed by atoms with Crippen molar-refractivity contribution in [1.82, 2.24) is 10.2 Å². The zero-order chi connectivity index (χ0) is 34.0. The summed E-state index contributed by atoms with van der Waals surface area (Å²) >= 11 is 0. The molecule has 1 atom stereocenters. The summed E-state index contributed by atoms with van der Waals surface area (Å²) in [5.74, 6) is 0.223. The van der Waals surface area contributed by atoms with Gasteiger partial charge in [-0.1, -0.05) is 100 Å². The fraction of sp³-hybridized carbons (Fsp3) is 0.316. The van der Waals surface area contributed by atoms with Crippen LogP contribution in [0.2, 0.25) is 0 Å². The SMILES string of the molecule is COc1cccc(CN(C(=O)CN(c2ccc(C(C)C)cc2)S(=O)(=O)c2ccccc2)[C@H](Cc2ccccc2)C(=O)NCC(C)C)c1. The highest BCUT2D eigenvalue weighted by Gasteiger charge is 2.34. The van der Waals surface area contributed by atoms with Gasteiger partial charge in [0.15, 0.2) is 0 Å². The van der Waals surface area contributed by atoms with Crippen molar-refractivity contribution in [1.29, 1.82) is 0 Å².